The lowest BCUT2D eigenvalue weighted by molar-refractivity contribution is -0.136. The second-order valence-corrected chi connectivity index (χ2v) is 7.52. The normalized spacial score (nSPS) is 15.4. The van der Waals surface area contributed by atoms with Gasteiger partial charge in [0.1, 0.15) is 11.3 Å². The summed E-state index contributed by atoms with van der Waals surface area (Å²) in [6.45, 7) is -0.217. The van der Waals surface area contributed by atoms with Gasteiger partial charge >= 0.3 is 5.97 Å². The van der Waals surface area contributed by atoms with E-state index < -0.39 is 17.6 Å². The number of nitrogens with one attached hydrogen (secondary N) is 1. The molecule has 1 aromatic heterocycles. The summed E-state index contributed by atoms with van der Waals surface area (Å²) in [5.41, 5.74) is 2.69. The third kappa shape index (κ3) is 3.37. The van der Waals surface area contributed by atoms with Gasteiger partial charge in [-0.2, -0.15) is 0 Å². The van der Waals surface area contributed by atoms with Crippen molar-refractivity contribution in [3.8, 4) is 22.6 Å². The minimum atomic E-state index is -0.979. The zero-order valence-electron chi connectivity index (χ0n) is 16.4. The molecular weight excluding hydrogens is 402 g/mol. The van der Waals surface area contributed by atoms with E-state index in [1.54, 1.807) is 24.3 Å². The molecule has 0 bridgehead atoms. The van der Waals surface area contributed by atoms with Gasteiger partial charge in [-0.15, -0.1) is 0 Å². The van der Waals surface area contributed by atoms with E-state index in [1.165, 1.54) is 0 Å². The van der Waals surface area contributed by atoms with Crippen molar-refractivity contribution in [1.29, 1.82) is 0 Å². The smallest absolute Gasteiger partial charge is 0.317 e. The highest BCUT2D eigenvalue weighted by Gasteiger charge is 2.29. The van der Waals surface area contributed by atoms with Crippen molar-refractivity contribution < 1.29 is 23.1 Å². The van der Waals surface area contributed by atoms with Gasteiger partial charge in [-0.05, 0) is 41.7 Å². The van der Waals surface area contributed by atoms with E-state index in [-0.39, 0.29) is 35.1 Å². The van der Waals surface area contributed by atoms with Gasteiger partial charge in [0.15, 0.2) is 11.4 Å². The quantitative estimate of drug-likeness (QED) is 0.470. The van der Waals surface area contributed by atoms with Crippen molar-refractivity contribution in [3.63, 3.8) is 0 Å². The van der Waals surface area contributed by atoms with Gasteiger partial charge in [-0.3, -0.25) is 4.79 Å². The van der Waals surface area contributed by atoms with Crippen LogP contribution in [0.3, 0.4) is 0 Å². The van der Waals surface area contributed by atoms with Crippen LogP contribution in [0.2, 0.25) is 0 Å². The molecule has 0 radical (unpaired) electrons. The molecule has 0 aliphatic heterocycles. The molecule has 3 aromatic carbocycles. The lowest BCUT2D eigenvalue weighted by atomic mass is 10.0. The molecule has 7 heteroatoms. The predicted octanol–water partition coefficient (Wildman–Crippen LogP) is 5.10. The Labute approximate surface area is 176 Å². The van der Waals surface area contributed by atoms with E-state index in [2.05, 4.69) is 10.3 Å². The Morgan fingerprint density at radius 3 is 2.65 bits per heavy atom. The fourth-order valence-electron chi connectivity index (χ4n) is 4.17. The average Bonchev–Trinajstić information content (AvgIpc) is 3.38. The van der Waals surface area contributed by atoms with Crippen LogP contribution in [0.5, 0.6) is 0 Å². The number of oxazole rings is 1. The van der Waals surface area contributed by atoms with E-state index in [1.807, 2.05) is 30.3 Å². The van der Waals surface area contributed by atoms with Gasteiger partial charge < -0.3 is 14.8 Å². The summed E-state index contributed by atoms with van der Waals surface area (Å²) in [6.07, 6.45) is 1.05. The molecule has 0 spiro atoms. The fourth-order valence-corrected chi connectivity index (χ4v) is 4.17. The first-order chi connectivity index (χ1) is 15.0. The molecule has 156 valence electrons. The van der Waals surface area contributed by atoms with Crippen LogP contribution in [0.25, 0.3) is 33.7 Å². The average molecular weight is 420 g/mol. The molecule has 2 N–H and O–H groups in total. The molecular formula is C24H18F2N2O3. The number of rotatable bonds is 5. The SMILES string of the molecule is O=C(O)CN[C@@H]1CCc2c1cc1nc(-c3cccc(-c4ccccc4)c3F)oc1c2F. The first kappa shape index (κ1) is 19.4. The number of aromatic nitrogens is 1. The lowest BCUT2D eigenvalue weighted by Crippen LogP contribution is -2.26. The van der Waals surface area contributed by atoms with Gasteiger partial charge in [-0.25, -0.2) is 13.8 Å². The molecule has 0 fully saturated rings. The second-order valence-electron chi connectivity index (χ2n) is 7.52. The Morgan fingerprint density at radius 2 is 1.87 bits per heavy atom. The number of carboxylic acid groups (broad SMARTS) is 1. The number of benzene rings is 3. The summed E-state index contributed by atoms with van der Waals surface area (Å²) < 4.78 is 36.1. The van der Waals surface area contributed by atoms with E-state index >= 15 is 8.78 Å². The molecule has 0 saturated carbocycles. The number of halogens is 2. The third-order valence-electron chi connectivity index (χ3n) is 5.63. The number of carbonyl (C=O) groups is 1. The largest absolute Gasteiger partial charge is 0.480 e. The van der Waals surface area contributed by atoms with Crippen molar-refractivity contribution >= 4 is 17.1 Å². The summed E-state index contributed by atoms with van der Waals surface area (Å²) in [5, 5.41) is 11.8. The minimum Gasteiger partial charge on any atom is -0.480 e. The second kappa shape index (κ2) is 7.59. The molecule has 5 nitrogen and oxygen atoms in total. The number of hydrogen-bond acceptors (Lipinski definition) is 4. The molecule has 1 aliphatic rings. The molecule has 1 aliphatic carbocycles. The summed E-state index contributed by atoms with van der Waals surface area (Å²) in [6, 6.07) is 15.5. The number of hydrogen-bond donors (Lipinski definition) is 2. The molecule has 31 heavy (non-hydrogen) atoms. The maximum absolute atomic E-state index is 15.3. The number of fused-ring (bicyclic) bond motifs is 2. The van der Waals surface area contributed by atoms with E-state index in [9.17, 15) is 4.79 Å². The first-order valence-electron chi connectivity index (χ1n) is 9.94. The van der Waals surface area contributed by atoms with Crippen LogP contribution in [0.4, 0.5) is 8.78 Å². The van der Waals surface area contributed by atoms with Crippen molar-refractivity contribution in [2.24, 2.45) is 0 Å². The van der Waals surface area contributed by atoms with E-state index in [4.69, 9.17) is 9.52 Å². The first-order valence-corrected chi connectivity index (χ1v) is 9.94. The Hall–Kier alpha value is -3.58. The van der Waals surface area contributed by atoms with E-state index in [0.29, 0.717) is 29.5 Å². The summed E-state index contributed by atoms with van der Waals surface area (Å²) in [7, 11) is 0. The summed E-state index contributed by atoms with van der Waals surface area (Å²) >= 11 is 0. The maximum atomic E-state index is 15.3. The Balaban J connectivity index is 1.58. The molecule has 4 aromatic rings. The molecule has 1 heterocycles. The van der Waals surface area contributed by atoms with Crippen LogP contribution in [0.1, 0.15) is 23.6 Å². The molecule has 0 amide bonds. The topological polar surface area (TPSA) is 75.4 Å². The molecule has 0 unspecified atom stereocenters. The van der Waals surface area contributed by atoms with Crippen LogP contribution < -0.4 is 5.32 Å². The highest BCUT2D eigenvalue weighted by molar-refractivity contribution is 5.81. The van der Waals surface area contributed by atoms with Gasteiger partial charge in [0.2, 0.25) is 5.89 Å². The standard InChI is InChI=1S/C24H18F2N2O3/c25-21-14(13-5-2-1-3-6-13)7-4-8-16(21)24-28-19-11-17-15(22(26)23(19)31-24)9-10-18(17)27-12-20(29)30/h1-8,11,18,27H,9-10,12H2,(H,29,30)/t18-/m1/s1. The van der Waals surface area contributed by atoms with Gasteiger partial charge in [-0.1, -0.05) is 42.5 Å². The van der Waals surface area contributed by atoms with Crippen LogP contribution >= 0.6 is 0 Å². The zero-order valence-corrected chi connectivity index (χ0v) is 16.4. The maximum Gasteiger partial charge on any atom is 0.317 e. The Bertz CT molecular complexity index is 1300. The fraction of sp³-hybridized carbons (Fsp3) is 0.167. The van der Waals surface area contributed by atoms with Gasteiger partial charge in [0, 0.05) is 11.6 Å². The predicted molar refractivity (Wildman–Crippen MR) is 111 cm³/mol. The van der Waals surface area contributed by atoms with Crippen LogP contribution in [-0.4, -0.2) is 22.6 Å². The van der Waals surface area contributed by atoms with Crippen LogP contribution in [0, 0.1) is 11.6 Å². The van der Waals surface area contributed by atoms with Crippen molar-refractivity contribution in [3.05, 3.63) is 77.4 Å². The van der Waals surface area contributed by atoms with Gasteiger partial charge in [0.05, 0.1) is 12.1 Å². The monoisotopic (exact) mass is 420 g/mol. The highest BCUT2D eigenvalue weighted by Crippen LogP contribution is 2.39. The number of carboxylic acids is 1. The van der Waals surface area contributed by atoms with Gasteiger partial charge in [0.25, 0.3) is 0 Å². The van der Waals surface area contributed by atoms with Crippen molar-refractivity contribution in [2.75, 3.05) is 6.54 Å². The van der Waals surface area contributed by atoms with Crippen LogP contribution in [0.15, 0.2) is 59.0 Å². The Morgan fingerprint density at radius 1 is 1.10 bits per heavy atom. The summed E-state index contributed by atoms with van der Waals surface area (Å²) in [4.78, 5) is 15.2. The van der Waals surface area contributed by atoms with Crippen molar-refractivity contribution in [2.45, 2.75) is 18.9 Å². The van der Waals surface area contributed by atoms with Crippen molar-refractivity contribution in [1.82, 2.24) is 10.3 Å². The molecule has 0 saturated heterocycles. The van der Waals surface area contributed by atoms with E-state index in [0.717, 1.165) is 5.56 Å². The Kier molecular flexibility index (Phi) is 4.75. The van der Waals surface area contributed by atoms with Crippen LogP contribution in [-0.2, 0) is 11.2 Å². The highest BCUT2D eigenvalue weighted by atomic mass is 19.1. The minimum absolute atomic E-state index is 0.00268. The third-order valence-corrected chi connectivity index (χ3v) is 5.63. The molecule has 1 atom stereocenters. The molecule has 5 rings (SSSR count). The zero-order chi connectivity index (χ0) is 21.5. The lowest BCUT2D eigenvalue weighted by Gasteiger charge is -2.12. The number of nitrogens with zero attached hydrogens (tertiary/aromatic N) is 1. The number of aliphatic carboxylic acids is 1. The summed E-state index contributed by atoms with van der Waals surface area (Å²) in [5.74, 6) is -1.99.